The molecule has 0 aliphatic carbocycles. The molecule has 0 radical (unpaired) electrons. The third-order valence-electron chi connectivity index (χ3n) is 2.31. The van der Waals surface area contributed by atoms with Crippen LogP contribution in [-0.4, -0.2) is 31.8 Å². The fraction of sp³-hybridized carbons (Fsp3) is 0.400. The standard InChI is InChI=1S/C10H15N5OS/c1-7(5-16)6-17-10-9-12-2-3-15(9)4-8(13-10)14-11/h2-4,7,14,16H,5-6,11H2,1H3. The molecule has 6 nitrogen and oxygen atoms in total. The lowest BCUT2D eigenvalue weighted by molar-refractivity contribution is 0.250. The van der Waals surface area contributed by atoms with Crippen molar-refractivity contribution in [1.82, 2.24) is 14.4 Å². The summed E-state index contributed by atoms with van der Waals surface area (Å²) in [6.07, 6.45) is 5.34. The van der Waals surface area contributed by atoms with Crippen LogP contribution in [0.5, 0.6) is 0 Å². The Labute approximate surface area is 103 Å². The third-order valence-corrected chi connectivity index (χ3v) is 3.59. The van der Waals surface area contributed by atoms with Crippen LogP contribution in [0.3, 0.4) is 0 Å². The largest absolute Gasteiger partial charge is 0.396 e. The van der Waals surface area contributed by atoms with Crippen molar-refractivity contribution in [2.45, 2.75) is 11.9 Å². The molecule has 1 unspecified atom stereocenters. The van der Waals surface area contributed by atoms with Gasteiger partial charge in [-0.3, -0.25) is 0 Å². The number of nitrogens with one attached hydrogen (secondary N) is 1. The van der Waals surface area contributed by atoms with Gasteiger partial charge in [0.1, 0.15) is 5.03 Å². The first-order valence-corrected chi connectivity index (χ1v) is 6.27. The zero-order valence-corrected chi connectivity index (χ0v) is 10.3. The first kappa shape index (κ1) is 12.2. The van der Waals surface area contributed by atoms with Gasteiger partial charge >= 0.3 is 0 Å². The lowest BCUT2D eigenvalue weighted by Crippen LogP contribution is -2.10. The summed E-state index contributed by atoms with van der Waals surface area (Å²) in [6.45, 7) is 2.16. The number of anilines is 1. The van der Waals surface area contributed by atoms with Crippen molar-refractivity contribution in [1.29, 1.82) is 0 Å². The number of hydrogen-bond donors (Lipinski definition) is 3. The molecule has 0 spiro atoms. The van der Waals surface area contributed by atoms with Crippen LogP contribution in [-0.2, 0) is 0 Å². The van der Waals surface area contributed by atoms with E-state index in [9.17, 15) is 0 Å². The number of nitrogen functional groups attached to an aromatic ring is 1. The van der Waals surface area contributed by atoms with Crippen molar-refractivity contribution >= 4 is 23.2 Å². The van der Waals surface area contributed by atoms with Crippen LogP contribution in [0.2, 0.25) is 0 Å². The predicted octanol–water partition coefficient (Wildman–Crippen LogP) is 0.735. The minimum absolute atomic E-state index is 0.173. The van der Waals surface area contributed by atoms with Crippen molar-refractivity contribution in [3.8, 4) is 0 Å². The monoisotopic (exact) mass is 253 g/mol. The van der Waals surface area contributed by atoms with Crippen molar-refractivity contribution in [2.24, 2.45) is 11.8 Å². The maximum atomic E-state index is 9.00. The zero-order valence-electron chi connectivity index (χ0n) is 9.50. The minimum atomic E-state index is 0.173. The molecule has 2 heterocycles. The molecule has 0 saturated heterocycles. The van der Waals surface area contributed by atoms with Crippen molar-refractivity contribution in [3.05, 3.63) is 18.6 Å². The Hall–Kier alpha value is -1.31. The Morgan fingerprint density at radius 3 is 3.18 bits per heavy atom. The van der Waals surface area contributed by atoms with Gasteiger partial charge in [0.05, 0.1) is 6.20 Å². The van der Waals surface area contributed by atoms with E-state index in [1.54, 1.807) is 24.2 Å². The molecule has 0 aliphatic heterocycles. The normalized spacial score (nSPS) is 12.9. The molecule has 0 saturated carbocycles. The van der Waals surface area contributed by atoms with Gasteiger partial charge in [0.2, 0.25) is 0 Å². The fourth-order valence-electron chi connectivity index (χ4n) is 1.34. The molecule has 1 atom stereocenters. The van der Waals surface area contributed by atoms with Gasteiger partial charge in [-0.1, -0.05) is 6.92 Å². The number of aliphatic hydroxyl groups excluding tert-OH is 1. The van der Waals surface area contributed by atoms with E-state index in [0.29, 0.717) is 5.82 Å². The maximum absolute atomic E-state index is 9.00. The van der Waals surface area contributed by atoms with Gasteiger partial charge in [0.15, 0.2) is 11.5 Å². The Kier molecular flexibility index (Phi) is 3.82. The van der Waals surface area contributed by atoms with Gasteiger partial charge in [-0.15, -0.1) is 11.8 Å². The molecule has 0 fully saturated rings. The van der Waals surface area contributed by atoms with Crippen LogP contribution in [0, 0.1) is 5.92 Å². The number of aliphatic hydroxyl groups is 1. The van der Waals surface area contributed by atoms with E-state index >= 15 is 0 Å². The Bertz CT molecular complexity index is 500. The summed E-state index contributed by atoms with van der Waals surface area (Å²) in [5.74, 6) is 6.98. The number of imidazole rings is 1. The SMILES string of the molecule is CC(CO)CSc1nc(NN)cn2ccnc12. The molecular formula is C10H15N5OS. The maximum Gasteiger partial charge on any atom is 0.169 e. The molecule has 2 rings (SSSR count). The summed E-state index contributed by atoms with van der Waals surface area (Å²) in [6, 6.07) is 0. The highest BCUT2D eigenvalue weighted by Crippen LogP contribution is 2.24. The highest BCUT2D eigenvalue weighted by molar-refractivity contribution is 7.99. The van der Waals surface area contributed by atoms with Crippen molar-refractivity contribution in [3.63, 3.8) is 0 Å². The molecule has 4 N–H and O–H groups in total. The average Bonchev–Trinajstić information content (AvgIpc) is 2.83. The fourth-order valence-corrected chi connectivity index (χ4v) is 2.34. The van der Waals surface area contributed by atoms with Gasteiger partial charge in [0, 0.05) is 24.8 Å². The quantitative estimate of drug-likeness (QED) is 0.414. The van der Waals surface area contributed by atoms with Crippen LogP contribution in [0.25, 0.3) is 5.65 Å². The van der Waals surface area contributed by atoms with E-state index < -0.39 is 0 Å². The summed E-state index contributed by atoms with van der Waals surface area (Å²) in [4.78, 5) is 8.61. The average molecular weight is 253 g/mol. The van der Waals surface area contributed by atoms with Gasteiger partial charge in [0.25, 0.3) is 0 Å². The second-order valence-electron chi connectivity index (χ2n) is 3.83. The topological polar surface area (TPSA) is 88.5 Å². The van der Waals surface area contributed by atoms with E-state index in [0.717, 1.165) is 16.4 Å². The van der Waals surface area contributed by atoms with Crippen LogP contribution < -0.4 is 11.3 Å². The summed E-state index contributed by atoms with van der Waals surface area (Å²) in [5, 5.41) is 9.81. The number of rotatable bonds is 5. The summed E-state index contributed by atoms with van der Waals surface area (Å²) < 4.78 is 1.87. The van der Waals surface area contributed by atoms with Crippen molar-refractivity contribution in [2.75, 3.05) is 17.8 Å². The van der Waals surface area contributed by atoms with Gasteiger partial charge in [-0.2, -0.15) is 0 Å². The lowest BCUT2D eigenvalue weighted by Gasteiger charge is -2.09. The highest BCUT2D eigenvalue weighted by Gasteiger charge is 2.09. The molecule has 0 amide bonds. The third kappa shape index (κ3) is 2.68. The number of nitrogens with zero attached hydrogens (tertiary/aromatic N) is 3. The van der Waals surface area contributed by atoms with E-state index in [1.807, 2.05) is 17.5 Å². The van der Waals surface area contributed by atoms with Crippen LogP contribution in [0.1, 0.15) is 6.92 Å². The number of fused-ring (bicyclic) bond motifs is 1. The number of hydrogen-bond acceptors (Lipinski definition) is 6. The molecular weight excluding hydrogens is 238 g/mol. The summed E-state index contributed by atoms with van der Waals surface area (Å²) >= 11 is 1.57. The van der Waals surface area contributed by atoms with Crippen LogP contribution in [0.4, 0.5) is 5.82 Å². The first-order valence-electron chi connectivity index (χ1n) is 5.28. The van der Waals surface area contributed by atoms with Gasteiger partial charge < -0.3 is 14.9 Å². The molecule has 0 bridgehead atoms. The first-order chi connectivity index (χ1) is 8.24. The van der Waals surface area contributed by atoms with Gasteiger partial charge in [-0.25, -0.2) is 15.8 Å². The Morgan fingerprint density at radius 1 is 1.65 bits per heavy atom. The predicted molar refractivity (Wildman–Crippen MR) is 67.8 cm³/mol. The molecule has 0 aliphatic rings. The molecule has 17 heavy (non-hydrogen) atoms. The smallest absolute Gasteiger partial charge is 0.169 e. The Morgan fingerprint density at radius 2 is 2.47 bits per heavy atom. The van der Waals surface area contributed by atoms with Crippen LogP contribution >= 0.6 is 11.8 Å². The molecule has 2 aromatic rings. The molecule has 7 heteroatoms. The van der Waals surface area contributed by atoms with Crippen LogP contribution in [0.15, 0.2) is 23.6 Å². The second-order valence-corrected chi connectivity index (χ2v) is 4.84. The van der Waals surface area contributed by atoms with E-state index in [-0.39, 0.29) is 12.5 Å². The molecule has 2 aromatic heterocycles. The van der Waals surface area contributed by atoms with E-state index in [1.165, 1.54) is 0 Å². The lowest BCUT2D eigenvalue weighted by atomic mass is 10.2. The zero-order chi connectivity index (χ0) is 12.3. The second kappa shape index (κ2) is 5.35. The number of thioether (sulfide) groups is 1. The van der Waals surface area contributed by atoms with Gasteiger partial charge in [-0.05, 0) is 5.92 Å². The number of aromatic nitrogens is 3. The number of nitrogens with two attached hydrogens (primary N) is 1. The summed E-state index contributed by atoms with van der Waals surface area (Å²) in [7, 11) is 0. The molecule has 92 valence electrons. The minimum Gasteiger partial charge on any atom is -0.396 e. The summed E-state index contributed by atoms with van der Waals surface area (Å²) in [5.41, 5.74) is 3.33. The van der Waals surface area contributed by atoms with E-state index in [4.69, 9.17) is 10.9 Å². The molecule has 0 aromatic carbocycles. The highest BCUT2D eigenvalue weighted by atomic mass is 32.2. The number of hydrazine groups is 1. The Balaban J connectivity index is 2.27. The van der Waals surface area contributed by atoms with E-state index in [2.05, 4.69) is 15.4 Å². The van der Waals surface area contributed by atoms with Crippen molar-refractivity contribution < 1.29 is 5.11 Å².